The first-order chi connectivity index (χ1) is 10.4. The Kier molecular flexibility index (Phi) is 8.33. The molecule has 0 saturated carbocycles. The Labute approximate surface area is 125 Å². The lowest BCUT2D eigenvalue weighted by molar-refractivity contribution is -0.105. The Morgan fingerprint density at radius 1 is 1.05 bits per heavy atom. The first kappa shape index (κ1) is 16.7. The van der Waals surface area contributed by atoms with E-state index < -0.39 is 0 Å². The number of carbonyl (C=O) groups excluding carboxylic acids is 1. The van der Waals surface area contributed by atoms with Gasteiger partial charge in [0.2, 0.25) is 6.41 Å². The zero-order chi connectivity index (χ0) is 15.3. The highest BCUT2D eigenvalue weighted by molar-refractivity contribution is 5.73. The molecule has 1 aromatic carbocycles. The standard InChI is InChI=1S/C11H9NO2.C5H8.CH5N/c13-8-12-11-3-1-9(2-4-11)10-5-6-14-7-10;1-2-4-5-3-1;1-2/h1-8H,(H,12,13);1-2H,3-5H2;2H2,1H3. The van der Waals surface area contributed by atoms with Crippen molar-refractivity contribution in [2.24, 2.45) is 5.73 Å². The van der Waals surface area contributed by atoms with Crippen molar-refractivity contribution in [1.29, 1.82) is 0 Å². The molecule has 1 amide bonds. The minimum atomic E-state index is 0.660. The highest BCUT2D eigenvalue weighted by atomic mass is 16.3. The molecule has 0 bridgehead atoms. The predicted molar refractivity (Wildman–Crippen MR) is 86.9 cm³/mol. The monoisotopic (exact) mass is 286 g/mol. The third-order valence-electron chi connectivity index (χ3n) is 2.87. The molecule has 21 heavy (non-hydrogen) atoms. The van der Waals surface area contributed by atoms with Crippen LogP contribution in [0.25, 0.3) is 11.1 Å². The van der Waals surface area contributed by atoms with Crippen LogP contribution in [0, 0.1) is 0 Å². The molecule has 0 fully saturated rings. The van der Waals surface area contributed by atoms with E-state index in [-0.39, 0.29) is 0 Å². The summed E-state index contributed by atoms with van der Waals surface area (Å²) >= 11 is 0. The predicted octanol–water partition coefficient (Wildman–Crippen LogP) is 3.82. The van der Waals surface area contributed by atoms with Gasteiger partial charge in [0.25, 0.3) is 0 Å². The van der Waals surface area contributed by atoms with Gasteiger partial charge >= 0.3 is 0 Å². The zero-order valence-electron chi connectivity index (χ0n) is 12.3. The molecule has 3 N–H and O–H groups in total. The summed E-state index contributed by atoms with van der Waals surface area (Å²) in [6.07, 6.45) is 12.5. The van der Waals surface area contributed by atoms with Crippen molar-refractivity contribution >= 4 is 12.1 Å². The Balaban J connectivity index is 0.000000263. The van der Waals surface area contributed by atoms with E-state index in [2.05, 4.69) is 23.2 Å². The van der Waals surface area contributed by atoms with Crippen LogP contribution in [-0.4, -0.2) is 13.5 Å². The third kappa shape index (κ3) is 6.10. The van der Waals surface area contributed by atoms with E-state index in [1.165, 1.54) is 26.3 Å². The number of hydrogen-bond acceptors (Lipinski definition) is 3. The summed E-state index contributed by atoms with van der Waals surface area (Å²) in [6.45, 7) is 0. The van der Waals surface area contributed by atoms with E-state index in [0.717, 1.165) is 16.8 Å². The molecule has 2 aromatic rings. The molecule has 0 spiro atoms. The van der Waals surface area contributed by atoms with Crippen LogP contribution >= 0.6 is 0 Å². The normalized spacial score (nSPS) is 11.7. The second-order valence-corrected chi connectivity index (χ2v) is 4.25. The van der Waals surface area contributed by atoms with Crippen LogP contribution in [0.1, 0.15) is 19.3 Å². The van der Waals surface area contributed by atoms with Gasteiger partial charge in [-0.15, -0.1) is 0 Å². The topological polar surface area (TPSA) is 68.3 Å². The first-order valence-electron chi connectivity index (χ1n) is 6.96. The number of allylic oxidation sites excluding steroid dienone is 2. The number of carbonyl (C=O) groups is 1. The average Bonchev–Trinajstić information content (AvgIpc) is 3.27. The van der Waals surface area contributed by atoms with Crippen LogP contribution in [0.4, 0.5) is 5.69 Å². The Bertz CT molecular complexity index is 510. The van der Waals surface area contributed by atoms with Crippen LogP contribution in [-0.2, 0) is 4.79 Å². The van der Waals surface area contributed by atoms with Crippen molar-refractivity contribution in [3.8, 4) is 11.1 Å². The van der Waals surface area contributed by atoms with Gasteiger partial charge in [-0.25, -0.2) is 0 Å². The number of nitrogens with one attached hydrogen (secondary N) is 1. The molecule has 1 aliphatic carbocycles. The van der Waals surface area contributed by atoms with Gasteiger partial charge in [0.05, 0.1) is 12.5 Å². The van der Waals surface area contributed by atoms with Crippen molar-refractivity contribution in [1.82, 2.24) is 0 Å². The van der Waals surface area contributed by atoms with Gasteiger partial charge in [0.1, 0.15) is 0 Å². The SMILES string of the molecule is C1=CCCC1.CN.O=CNc1ccc(-c2ccoc2)cc1. The van der Waals surface area contributed by atoms with E-state index in [4.69, 9.17) is 4.42 Å². The summed E-state index contributed by atoms with van der Waals surface area (Å²) in [5.74, 6) is 0. The molecule has 1 heterocycles. The summed E-state index contributed by atoms with van der Waals surface area (Å²) in [5.41, 5.74) is 7.38. The smallest absolute Gasteiger partial charge is 0.211 e. The zero-order valence-corrected chi connectivity index (χ0v) is 12.3. The van der Waals surface area contributed by atoms with Crippen molar-refractivity contribution in [3.05, 3.63) is 55.0 Å². The molecule has 0 atom stereocenters. The lowest BCUT2D eigenvalue weighted by atomic mass is 10.1. The van der Waals surface area contributed by atoms with Crippen LogP contribution in [0.2, 0.25) is 0 Å². The van der Waals surface area contributed by atoms with Crippen molar-refractivity contribution < 1.29 is 9.21 Å². The molecule has 0 radical (unpaired) electrons. The van der Waals surface area contributed by atoms with Gasteiger partial charge in [-0.2, -0.15) is 0 Å². The lowest BCUT2D eigenvalue weighted by Gasteiger charge is -1.99. The quantitative estimate of drug-likeness (QED) is 0.666. The Hall–Kier alpha value is -2.33. The molecule has 0 saturated heterocycles. The minimum absolute atomic E-state index is 0.660. The molecular formula is C17H22N2O2. The molecule has 112 valence electrons. The molecule has 1 aromatic heterocycles. The van der Waals surface area contributed by atoms with Crippen LogP contribution in [0.15, 0.2) is 59.4 Å². The molecular weight excluding hydrogens is 264 g/mol. The number of hydrogen-bond donors (Lipinski definition) is 2. The van der Waals surface area contributed by atoms with E-state index in [1.807, 2.05) is 30.3 Å². The Morgan fingerprint density at radius 2 is 1.71 bits per heavy atom. The summed E-state index contributed by atoms with van der Waals surface area (Å²) in [5, 5.41) is 2.58. The van der Waals surface area contributed by atoms with Gasteiger partial charge in [-0.3, -0.25) is 4.79 Å². The molecule has 1 aliphatic rings. The summed E-state index contributed by atoms with van der Waals surface area (Å²) in [6, 6.07) is 9.43. The number of nitrogens with two attached hydrogens (primary N) is 1. The molecule has 0 unspecified atom stereocenters. The average molecular weight is 286 g/mol. The van der Waals surface area contributed by atoms with E-state index in [0.29, 0.717) is 6.41 Å². The number of furan rings is 1. The molecule has 4 nitrogen and oxygen atoms in total. The fraction of sp³-hybridized carbons (Fsp3) is 0.235. The van der Waals surface area contributed by atoms with Crippen LogP contribution in [0.5, 0.6) is 0 Å². The van der Waals surface area contributed by atoms with E-state index in [9.17, 15) is 4.79 Å². The number of benzene rings is 1. The van der Waals surface area contributed by atoms with Gasteiger partial charge in [-0.05, 0) is 50.1 Å². The number of anilines is 1. The summed E-state index contributed by atoms with van der Waals surface area (Å²) < 4.78 is 4.97. The van der Waals surface area contributed by atoms with Gasteiger partial charge < -0.3 is 15.5 Å². The Morgan fingerprint density at radius 3 is 2.14 bits per heavy atom. The van der Waals surface area contributed by atoms with Gasteiger partial charge in [0.15, 0.2) is 0 Å². The third-order valence-corrected chi connectivity index (χ3v) is 2.87. The summed E-state index contributed by atoms with van der Waals surface area (Å²) in [7, 11) is 1.50. The highest BCUT2D eigenvalue weighted by Gasteiger charge is 1.98. The first-order valence-corrected chi connectivity index (χ1v) is 6.96. The maximum absolute atomic E-state index is 10.2. The van der Waals surface area contributed by atoms with Crippen LogP contribution in [0.3, 0.4) is 0 Å². The van der Waals surface area contributed by atoms with Gasteiger partial charge in [0, 0.05) is 11.3 Å². The fourth-order valence-electron chi connectivity index (χ4n) is 1.84. The van der Waals surface area contributed by atoms with Crippen molar-refractivity contribution in [2.45, 2.75) is 19.3 Å². The maximum Gasteiger partial charge on any atom is 0.211 e. The fourth-order valence-corrected chi connectivity index (χ4v) is 1.84. The van der Waals surface area contributed by atoms with Crippen molar-refractivity contribution in [3.63, 3.8) is 0 Å². The van der Waals surface area contributed by atoms with Crippen molar-refractivity contribution in [2.75, 3.05) is 12.4 Å². The summed E-state index contributed by atoms with van der Waals surface area (Å²) in [4.78, 5) is 10.2. The second kappa shape index (κ2) is 10.5. The number of rotatable bonds is 3. The molecule has 4 heteroatoms. The second-order valence-electron chi connectivity index (χ2n) is 4.25. The minimum Gasteiger partial charge on any atom is -0.472 e. The molecule has 3 rings (SSSR count). The molecule has 0 aliphatic heterocycles. The van der Waals surface area contributed by atoms with E-state index in [1.54, 1.807) is 12.5 Å². The van der Waals surface area contributed by atoms with Gasteiger partial charge in [-0.1, -0.05) is 24.3 Å². The lowest BCUT2D eigenvalue weighted by Crippen LogP contribution is -1.92. The number of amides is 1. The largest absolute Gasteiger partial charge is 0.472 e. The van der Waals surface area contributed by atoms with Crippen LogP contribution < -0.4 is 11.1 Å². The maximum atomic E-state index is 10.2. The highest BCUT2D eigenvalue weighted by Crippen LogP contribution is 2.21. The van der Waals surface area contributed by atoms with E-state index >= 15 is 0 Å².